The minimum atomic E-state index is 0.0780. The Morgan fingerprint density at radius 2 is 1.89 bits per heavy atom. The fourth-order valence-electron chi connectivity index (χ4n) is 5.48. The molecular weight excluding hydrogens is 442 g/mol. The number of nitriles is 2. The number of allylic oxidation sites excluding steroid dienone is 7. The predicted molar refractivity (Wildman–Crippen MR) is 146 cm³/mol. The summed E-state index contributed by atoms with van der Waals surface area (Å²) in [4.78, 5) is 1.93. The summed E-state index contributed by atoms with van der Waals surface area (Å²) in [6, 6.07) is 10.5. The highest BCUT2D eigenvalue weighted by atomic mass is 15.2. The van der Waals surface area contributed by atoms with E-state index in [2.05, 4.69) is 61.1 Å². The van der Waals surface area contributed by atoms with Crippen LogP contribution in [0.5, 0.6) is 0 Å². The summed E-state index contributed by atoms with van der Waals surface area (Å²) in [6.07, 6.45) is 16.9. The van der Waals surface area contributed by atoms with Crippen LogP contribution >= 0.6 is 0 Å². The monoisotopic (exact) mass is 469 g/mol. The van der Waals surface area contributed by atoms with Crippen LogP contribution in [0.4, 0.5) is 5.69 Å². The molecule has 2 heterocycles. The molecule has 5 rings (SSSR count). The van der Waals surface area contributed by atoms with Crippen LogP contribution < -0.4 is 4.90 Å². The van der Waals surface area contributed by atoms with Gasteiger partial charge in [-0.25, -0.2) is 0 Å². The number of anilines is 1. The van der Waals surface area contributed by atoms with Crippen molar-refractivity contribution < 1.29 is 0 Å². The van der Waals surface area contributed by atoms with Gasteiger partial charge in [0.2, 0.25) is 0 Å². The fraction of sp³-hybridized carbons (Fsp3) is 0.194. The van der Waals surface area contributed by atoms with Gasteiger partial charge in [0, 0.05) is 51.7 Å². The standard InChI is InChI=1S/C31H27N5/c1-4-26-20(2)9-10-21(3)35(31(26)19-34)24-13-23(18-33)14-25(16-24)36-29-8-6-5-7-27(29)28-15-22(17-32)11-12-30(28)36/h4,6,8-10,13-16,19-20,34H,1,3,5,7,11-12H2,2H3. The Morgan fingerprint density at radius 3 is 2.61 bits per heavy atom. The number of fused-ring (bicyclic) bond motifs is 3. The molecule has 0 amide bonds. The smallest absolute Gasteiger partial charge is 0.0993 e. The third-order valence-corrected chi connectivity index (χ3v) is 7.18. The van der Waals surface area contributed by atoms with E-state index in [-0.39, 0.29) is 5.92 Å². The SMILES string of the molecule is C=CC1=C(C=N)N(c2cc(C#N)cc(-n3c4c(c5c3CCC(C#N)=C5)CCC=C4)c2)C(=C)C=CC1C. The number of rotatable bonds is 4. The molecule has 1 atom stereocenters. The van der Waals surface area contributed by atoms with Crippen molar-refractivity contribution in [1.82, 2.24) is 4.57 Å². The first-order valence-corrected chi connectivity index (χ1v) is 12.1. The van der Waals surface area contributed by atoms with E-state index < -0.39 is 0 Å². The van der Waals surface area contributed by atoms with Gasteiger partial charge in [0.15, 0.2) is 0 Å². The Labute approximate surface area is 212 Å². The molecule has 3 aliphatic rings. The predicted octanol–water partition coefficient (Wildman–Crippen LogP) is 6.78. The number of hydrogen-bond acceptors (Lipinski definition) is 4. The molecule has 0 fully saturated rings. The van der Waals surface area contributed by atoms with Crippen molar-refractivity contribution in [2.75, 3.05) is 4.90 Å². The lowest BCUT2D eigenvalue weighted by Gasteiger charge is -2.28. The lowest BCUT2D eigenvalue weighted by atomic mass is 9.92. The van der Waals surface area contributed by atoms with Crippen molar-refractivity contribution in [2.24, 2.45) is 5.92 Å². The van der Waals surface area contributed by atoms with Gasteiger partial charge in [-0.1, -0.05) is 38.3 Å². The summed E-state index contributed by atoms with van der Waals surface area (Å²) in [7, 11) is 0. The first-order chi connectivity index (χ1) is 17.5. The van der Waals surface area contributed by atoms with Crippen molar-refractivity contribution in [3.8, 4) is 17.8 Å². The van der Waals surface area contributed by atoms with Crippen LogP contribution in [0.1, 0.15) is 47.8 Å². The van der Waals surface area contributed by atoms with Crippen molar-refractivity contribution in [2.45, 2.75) is 32.6 Å². The van der Waals surface area contributed by atoms with Crippen molar-refractivity contribution >= 4 is 24.1 Å². The highest BCUT2D eigenvalue weighted by Crippen LogP contribution is 2.39. The number of nitrogens with zero attached hydrogens (tertiary/aromatic N) is 4. The molecule has 0 saturated carbocycles. The lowest BCUT2D eigenvalue weighted by molar-refractivity contribution is 0.853. The molecule has 1 aliphatic heterocycles. The molecule has 2 aromatic rings. The Balaban J connectivity index is 1.77. The molecular formula is C31H27N5. The molecule has 5 heteroatoms. The van der Waals surface area contributed by atoms with E-state index in [1.54, 1.807) is 6.08 Å². The summed E-state index contributed by atoms with van der Waals surface area (Å²) in [5, 5.41) is 27.7. The van der Waals surface area contributed by atoms with Crippen LogP contribution in [-0.2, 0) is 12.8 Å². The van der Waals surface area contributed by atoms with E-state index in [0.717, 1.165) is 58.7 Å². The van der Waals surface area contributed by atoms with Crippen molar-refractivity contribution in [3.05, 3.63) is 106 Å². The maximum absolute atomic E-state index is 9.96. The maximum Gasteiger partial charge on any atom is 0.0993 e. The maximum atomic E-state index is 9.96. The number of benzene rings is 1. The number of aromatic nitrogens is 1. The molecule has 0 spiro atoms. The van der Waals surface area contributed by atoms with E-state index in [1.165, 1.54) is 17.5 Å². The average Bonchev–Trinajstić information content (AvgIpc) is 3.18. The molecule has 0 saturated heterocycles. The van der Waals surface area contributed by atoms with E-state index >= 15 is 0 Å². The van der Waals surface area contributed by atoms with Crippen molar-refractivity contribution in [3.63, 3.8) is 0 Å². The van der Waals surface area contributed by atoms with Gasteiger partial charge in [-0.2, -0.15) is 10.5 Å². The molecule has 36 heavy (non-hydrogen) atoms. The highest BCUT2D eigenvalue weighted by Gasteiger charge is 2.27. The summed E-state index contributed by atoms with van der Waals surface area (Å²) in [6.45, 7) is 10.3. The van der Waals surface area contributed by atoms with Gasteiger partial charge >= 0.3 is 0 Å². The molecule has 5 nitrogen and oxygen atoms in total. The highest BCUT2D eigenvalue weighted by molar-refractivity contribution is 5.88. The Kier molecular flexibility index (Phi) is 5.92. The molecule has 0 bridgehead atoms. The van der Waals surface area contributed by atoms with Gasteiger partial charge < -0.3 is 14.9 Å². The molecule has 1 unspecified atom stereocenters. The second-order valence-corrected chi connectivity index (χ2v) is 9.30. The molecule has 1 aromatic heterocycles. The van der Waals surface area contributed by atoms with Gasteiger partial charge in [-0.15, -0.1) is 0 Å². The average molecular weight is 470 g/mol. The third kappa shape index (κ3) is 3.67. The van der Waals surface area contributed by atoms with Crippen LogP contribution in [0.2, 0.25) is 0 Å². The first kappa shape index (κ1) is 23.1. The summed E-state index contributed by atoms with van der Waals surface area (Å²) >= 11 is 0. The normalized spacial score (nSPS) is 18.5. The van der Waals surface area contributed by atoms with E-state index in [1.807, 2.05) is 29.2 Å². The molecule has 1 aromatic carbocycles. The van der Waals surface area contributed by atoms with Gasteiger partial charge in [0.05, 0.1) is 23.4 Å². The molecule has 0 radical (unpaired) electrons. The second-order valence-electron chi connectivity index (χ2n) is 9.30. The van der Waals surface area contributed by atoms with Crippen LogP contribution in [0.15, 0.2) is 78.2 Å². The number of hydrogen-bond donors (Lipinski definition) is 1. The minimum absolute atomic E-state index is 0.0780. The summed E-state index contributed by atoms with van der Waals surface area (Å²) in [5.74, 6) is 0.0780. The van der Waals surface area contributed by atoms with E-state index in [0.29, 0.717) is 17.7 Å². The van der Waals surface area contributed by atoms with Crippen LogP contribution in [0.3, 0.4) is 0 Å². The zero-order chi connectivity index (χ0) is 25.4. The fourth-order valence-corrected chi connectivity index (χ4v) is 5.48. The van der Waals surface area contributed by atoms with Gasteiger partial charge in [0.25, 0.3) is 0 Å². The zero-order valence-electron chi connectivity index (χ0n) is 20.4. The summed E-state index contributed by atoms with van der Waals surface area (Å²) in [5.41, 5.74) is 10.0. The zero-order valence-corrected chi connectivity index (χ0v) is 20.4. The van der Waals surface area contributed by atoms with Crippen LogP contribution in [0.25, 0.3) is 17.8 Å². The minimum Gasteiger partial charge on any atom is -0.313 e. The van der Waals surface area contributed by atoms with Gasteiger partial charge in [-0.3, -0.25) is 0 Å². The first-order valence-electron chi connectivity index (χ1n) is 12.1. The quantitative estimate of drug-likeness (QED) is 0.501. The van der Waals surface area contributed by atoms with Crippen molar-refractivity contribution in [1.29, 1.82) is 15.9 Å². The Bertz CT molecular complexity index is 1520. The molecule has 1 N–H and O–H groups in total. The third-order valence-electron chi connectivity index (χ3n) is 7.18. The van der Waals surface area contributed by atoms with Gasteiger partial charge in [-0.05, 0) is 73.2 Å². The molecule has 2 aliphatic carbocycles. The van der Waals surface area contributed by atoms with Crippen LogP contribution in [0, 0.1) is 34.0 Å². The second kappa shape index (κ2) is 9.21. The van der Waals surface area contributed by atoms with Gasteiger partial charge in [0.1, 0.15) is 0 Å². The Morgan fingerprint density at radius 1 is 1.08 bits per heavy atom. The topological polar surface area (TPSA) is 79.6 Å². The van der Waals surface area contributed by atoms with E-state index in [9.17, 15) is 10.5 Å². The Hall–Kier alpha value is -4.61. The number of nitrogens with one attached hydrogen (secondary N) is 1. The van der Waals surface area contributed by atoms with E-state index in [4.69, 9.17) is 5.41 Å². The van der Waals surface area contributed by atoms with Crippen LogP contribution in [-0.4, -0.2) is 10.8 Å². The largest absolute Gasteiger partial charge is 0.313 e. The lowest BCUT2D eigenvalue weighted by Crippen LogP contribution is -2.23. The summed E-state index contributed by atoms with van der Waals surface area (Å²) < 4.78 is 2.25. The molecule has 176 valence electrons.